The third kappa shape index (κ3) is 5.28. The van der Waals surface area contributed by atoms with Crippen molar-refractivity contribution >= 4 is 15.7 Å². The molecule has 3 rings (SSSR count). The number of aromatic nitrogens is 2. The van der Waals surface area contributed by atoms with Crippen LogP contribution in [0.4, 0.5) is 0 Å². The number of carbonyl (C=O) groups excluding carboxylic acids is 1. The van der Waals surface area contributed by atoms with Crippen molar-refractivity contribution in [2.24, 2.45) is 0 Å². The van der Waals surface area contributed by atoms with Gasteiger partial charge in [0, 0.05) is 25.4 Å². The molecule has 1 aromatic heterocycles. The molecular formula is C20H25N3O4S. The SMILES string of the molecule is CCc1cnc(OC2CCCN(C(=O)CCS(=O)(=O)c3ccccc3)C2)nc1. The van der Waals surface area contributed by atoms with Crippen LogP contribution in [0.15, 0.2) is 47.6 Å². The van der Waals surface area contributed by atoms with Gasteiger partial charge < -0.3 is 9.64 Å². The van der Waals surface area contributed by atoms with Gasteiger partial charge in [-0.15, -0.1) is 0 Å². The zero-order chi connectivity index (χ0) is 20.0. The van der Waals surface area contributed by atoms with E-state index >= 15 is 0 Å². The number of piperidine rings is 1. The van der Waals surface area contributed by atoms with E-state index in [2.05, 4.69) is 9.97 Å². The summed E-state index contributed by atoms with van der Waals surface area (Å²) in [7, 11) is -3.46. The van der Waals surface area contributed by atoms with Gasteiger partial charge in [0.1, 0.15) is 6.10 Å². The minimum absolute atomic E-state index is 0.0361. The summed E-state index contributed by atoms with van der Waals surface area (Å²) in [5, 5.41) is 0. The number of benzene rings is 1. The summed E-state index contributed by atoms with van der Waals surface area (Å²) in [5.74, 6) is -0.366. The van der Waals surface area contributed by atoms with Crippen molar-refractivity contribution in [2.45, 2.75) is 43.6 Å². The van der Waals surface area contributed by atoms with E-state index in [9.17, 15) is 13.2 Å². The van der Waals surface area contributed by atoms with Gasteiger partial charge in [-0.25, -0.2) is 18.4 Å². The van der Waals surface area contributed by atoms with Crippen LogP contribution in [0.2, 0.25) is 0 Å². The number of aryl methyl sites for hydroxylation is 1. The first kappa shape index (κ1) is 20.3. The number of likely N-dealkylation sites (tertiary alicyclic amines) is 1. The van der Waals surface area contributed by atoms with E-state index in [1.54, 1.807) is 47.6 Å². The van der Waals surface area contributed by atoms with Crippen LogP contribution in [0.25, 0.3) is 0 Å². The Labute approximate surface area is 165 Å². The fraction of sp³-hybridized carbons (Fsp3) is 0.450. The first-order chi connectivity index (χ1) is 13.5. The number of hydrogen-bond acceptors (Lipinski definition) is 6. The lowest BCUT2D eigenvalue weighted by Gasteiger charge is -2.32. The average molecular weight is 404 g/mol. The zero-order valence-corrected chi connectivity index (χ0v) is 16.8. The van der Waals surface area contributed by atoms with Gasteiger partial charge in [0.2, 0.25) is 5.91 Å². The number of rotatable bonds is 7. The Balaban J connectivity index is 1.53. The maximum atomic E-state index is 12.5. The Morgan fingerprint density at radius 1 is 1.21 bits per heavy atom. The number of nitrogens with zero attached hydrogens (tertiary/aromatic N) is 3. The van der Waals surface area contributed by atoms with E-state index in [4.69, 9.17) is 4.74 Å². The van der Waals surface area contributed by atoms with E-state index in [-0.39, 0.29) is 29.1 Å². The molecule has 0 N–H and O–H groups in total. The Hall–Kier alpha value is -2.48. The molecule has 1 aliphatic rings. The van der Waals surface area contributed by atoms with Crippen LogP contribution >= 0.6 is 0 Å². The monoisotopic (exact) mass is 403 g/mol. The molecule has 0 bridgehead atoms. The number of ether oxygens (including phenoxy) is 1. The van der Waals surface area contributed by atoms with Crippen molar-refractivity contribution in [3.63, 3.8) is 0 Å². The second-order valence-corrected chi connectivity index (χ2v) is 8.94. The van der Waals surface area contributed by atoms with Crippen molar-refractivity contribution in [1.29, 1.82) is 0 Å². The Kier molecular flexibility index (Phi) is 6.61. The van der Waals surface area contributed by atoms with E-state index in [1.807, 2.05) is 6.92 Å². The average Bonchev–Trinajstić information content (AvgIpc) is 2.73. The molecule has 0 spiro atoms. The fourth-order valence-electron chi connectivity index (χ4n) is 3.12. The largest absolute Gasteiger partial charge is 0.458 e. The summed E-state index contributed by atoms with van der Waals surface area (Å²) in [4.78, 5) is 22.9. The number of amides is 1. The summed E-state index contributed by atoms with van der Waals surface area (Å²) in [5.41, 5.74) is 1.03. The molecule has 1 atom stereocenters. The first-order valence-corrected chi connectivity index (χ1v) is 11.2. The van der Waals surface area contributed by atoms with Crippen LogP contribution in [0.3, 0.4) is 0 Å². The molecule has 150 valence electrons. The molecule has 8 heteroatoms. The van der Waals surface area contributed by atoms with E-state index < -0.39 is 9.84 Å². The van der Waals surface area contributed by atoms with Crippen LogP contribution in [0.5, 0.6) is 6.01 Å². The molecule has 1 fully saturated rings. The Morgan fingerprint density at radius 2 is 1.93 bits per heavy atom. The highest BCUT2D eigenvalue weighted by Crippen LogP contribution is 2.17. The highest BCUT2D eigenvalue weighted by Gasteiger charge is 2.26. The smallest absolute Gasteiger partial charge is 0.316 e. The normalized spacial score (nSPS) is 17.3. The second kappa shape index (κ2) is 9.14. The number of hydrogen-bond donors (Lipinski definition) is 0. The second-order valence-electron chi connectivity index (χ2n) is 6.83. The van der Waals surface area contributed by atoms with Crippen molar-refractivity contribution < 1.29 is 17.9 Å². The number of sulfone groups is 1. The maximum Gasteiger partial charge on any atom is 0.316 e. The third-order valence-electron chi connectivity index (χ3n) is 4.78. The molecule has 2 heterocycles. The Morgan fingerprint density at radius 3 is 2.61 bits per heavy atom. The third-order valence-corrected chi connectivity index (χ3v) is 6.51. The molecule has 1 aliphatic heterocycles. The van der Waals surface area contributed by atoms with Gasteiger partial charge in [0.25, 0.3) is 0 Å². The van der Waals surface area contributed by atoms with Crippen LogP contribution in [0, 0.1) is 0 Å². The van der Waals surface area contributed by atoms with Gasteiger partial charge in [0.05, 0.1) is 17.2 Å². The van der Waals surface area contributed by atoms with Crippen LogP contribution < -0.4 is 4.74 Å². The predicted octanol–water partition coefficient (Wildman–Crippen LogP) is 2.27. The van der Waals surface area contributed by atoms with Gasteiger partial charge in [-0.1, -0.05) is 25.1 Å². The molecule has 1 saturated heterocycles. The van der Waals surface area contributed by atoms with Crippen LogP contribution in [-0.2, 0) is 21.1 Å². The topological polar surface area (TPSA) is 89.5 Å². The molecule has 2 aromatic rings. The first-order valence-electron chi connectivity index (χ1n) is 9.51. The zero-order valence-electron chi connectivity index (χ0n) is 16.0. The van der Waals surface area contributed by atoms with Gasteiger partial charge in [-0.3, -0.25) is 4.79 Å². The molecule has 0 radical (unpaired) electrons. The molecule has 0 saturated carbocycles. The van der Waals surface area contributed by atoms with Gasteiger partial charge in [-0.2, -0.15) is 0 Å². The fourth-order valence-corrected chi connectivity index (χ4v) is 4.37. The van der Waals surface area contributed by atoms with Crippen molar-refractivity contribution in [3.8, 4) is 6.01 Å². The highest BCUT2D eigenvalue weighted by atomic mass is 32.2. The van der Waals surface area contributed by atoms with Crippen molar-refractivity contribution in [1.82, 2.24) is 14.9 Å². The summed E-state index contributed by atoms with van der Waals surface area (Å²) in [6.45, 7) is 3.06. The highest BCUT2D eigenvalue weighted by molar-refractivity contribution is 7.91. The van der Waals surface area contributed by atoms with E-state index in [0.29, 0.717) is 19.1 Å². The minimum Gasteiger partial charge on any atom is -0.458 e. The quantitative estimate of drug-likeness (QED) is 0.705. The predicted molar refractivity (Wildman–Crippen MR) is 105 cm³/mol. The van der Waals surface area contributed by atoms with Crippen LogP contribution in [-0.4, -0.2) is 54.1 Å². The van der Waals surface area contributed by atoms with E-state index in [0.717, 1.165) is 24.8 Å². The van der Waals surface area contributed by atoms with Gasteiger partial charge in [0.15, 0.2) is 9.84 Å². The lowest BCUT2D eigenvalue weighted by molar-refractivity contribution is -0.133. The molecule has 28 heavy (non-hydrogen) atoms. The molecule has 0 aliphatic carbocycles. The Bertz CT molecular complexity index is 885. The summed E-state index contributed by atoms with van der Waals surface area (Å²) in [6, 6.07) is 8.52. The molecule has 1 aromatic carbocycles. The van der Waals surface area contributed by atoms with Crippen LogP contribution in [0.1, 0.15) is 31.7 Å². The van der Waals surface area contributed by atoms with E-state index in [1.165, 1.54) is 0 Å². The standard InChI is InChI=1S/C20H25N3O4S/c1-2-16-13-21-20(22-14-16)27-17-7-6-11-23(15-17)19(24)10-12-28(25,26)18-8-4-3-5-9-18/h3-5,8-9,13-14,17H,2,6-7,10-12,15H2,1H3. The molecule has 7 nitrogen and oxygen atoms in total. The minimum atomic E-state index is -3.46. The molecular weight excluding hydrogens is 378 g/mol. The molecule has 1 amide bonds. The summed E-state index contributed by atoms with van der Waals surface area (Å²) < 4.78 is 30.5. The lowest BCUT2D eigenvalue weighted by Crippen LogP contribution is -2.44. The molecule has 1 unspecified atom stereocenters. The van der Waals surface area contributed by atoms with Gasteiger partial charge in [-0.05, 0) is 37.0 Å². The van der Waals surface area contributed by atoms with Gasteiger partial charge >= 0.3 is 6.01 Å². The number of carbonyl (C=O) groups is 1. The summed E-state index contributed by atoms with van der Waals surface area (Å²) >= 11 is 0. The lowest BCUT2D eigenvalue weighted by atomic mass is 10.1. The maximum absolute atomic E-state index is 12.5. The van der Waals surface area contributed by atoms with Crippen molar-refractivity contribution in [3.05, 3.63) is 48.3 Å². The van der Waals surface area contributed by atoms with Crippen molar-refractivity contribution in [2.75, 3.05) is 18.8 Å². The summed E-state index contributed by atoms with van der Waals surface area (Å²) in [6.07, 6.45) is 5.73.